The van der Waals surface area contributed by atoms with E-state index in [-0.39, 0.29) is 5.78 Å². The first kappa shape index (κ1) is 13.1. The average molecular weight is 238 g/mol. The lowest BCUT2D eigenvalue weighted by molar-refractivity contribution is -0.117. The van der Waals surface area contributed by atoms with E-state index >= 15 is 0 Å². The number of carbonyl (C=O) groups excluding carboxylic acids is 1. The number of ketones is 1. The highest BCUT2D eigenvalue weighted by atomic mass is 32.2. The fraction of sp³-hybridized carbons (Fsp3) is 0.462. The second-order valence-electron chi connectivity index (χ2n) is 4.10. The lowest BCUT2D eigenvalue weighted by Crippen LogP contribution is -2.01. The van der Waals surface area contributed by atoms with Gasteiger partial charge in [-0.1, -0.05) is 6.07 Å². The van der Waals surface area contributed by atoms with Crippen molar-refractivity contribution in [2.75, 3.05) is 5.75 Å². The van der Waals surface area contributed by atoms with Gasteiger partial charge in [-0.3, -0.25) is 4.21 Å². The SMILES string of the molecule is CC(=O)CCCS(=O)c1ccc(C)c(C)c1. The molecule has 16 heavy (non-hydrogen) atoms. The number of rotatable bonds is 5. The predicted octanol–water partition coefficient (Wildman–Crippen LogP) is 2.78. The summed E-state index contributed by atoms with van der Waals surface area (Å²) >= 11 is 0. The van der Waals surface area contributed by atoms with Crippen LogP contribution in [0.5, 0.6) is 0 Å². The minimum Gasteiger partial charge on any atom is -0.300 e. The summed E-state index contributed by atoms with van der Waals surface area (Å²) in [6.45, 7) is 5.63. The number of hydrogen-bond donors (Lipinski definition) is 0. The Kier molecular flexibility index (Phi) is 4.87. The number of Topliss-reactive ketones (excluding diaryl/α,β-unsaturated/α-hetero) is 1. The summed E-state index contributed by atoms with van der Waals surface area (Å²) in [6, 6.07) is 5.87. The van der Waals surface area contributed by atoms with Crippen molar-refractivity contribution in [3.8, 4) is 0 Å². The van der Waals surface area contributed by atoms with Crippen LogP contribution in [0.2, 0.25) is 0 Å². The van der Waals surface area contributed by atoms with Crippen LogP contribution >= 0.6 is 0 Å². The lowest BCUT2D eigenvalue weighted by Gasteiger charge is -2.05. The molecule has 0 aromatic heterocycles. The van der Waals surface area contributed by atoms with E-state index in [0.29, 0.717) is 18.6 Å². The second-order valence-corrected chi connectivity index (χ2v) is 5.67. The molecule has 1 aromatic carbocycles. The maximum atomic E-state index is 11.9. The third kappa shape index (κ3) is 3.89. The molecule has 88 valence electrons. The van der Waals surface area contributed by atoms with Gasteiger partial charge in [-0.05, 0) is 50.5 Å². The molecular weight excluding hydrogens is 220 g/mol. The van der Waals surface area contributed by atoms with Crippen LogP contribution in [0.3, 0.4) is 0 Å². The van der Waals surface area contributed by atoms with Crippen molar-refractivity contribution in [1.82, 2.24) is 0 Å². The summed E-state index contributed by atoms with van der Waals surface area (Å²) < 4.78 is 11.9. The Hall–Kier alpha value is -0.960. The van der Waals surface area contributed by atoms with E-state index in [1.165, 1.54) is 5.56 Å². The molecule has 3 heteroatoms. The summed E-state index contributed by atoms with van der Waals surface area (Å²) in [7, 11) is -0.971. The van der Waals surface area contributed by atoms with Crippen LogP contribution < -0.4 is 0 Å². The molecule has 0 bridgehead atoms. The van der Waals surface area contributed by atoms with E-state index in [2.05, 4.69) is 0 Å². The maximum absolute atomic E-state index is 11.9. The van der Waals surface area contributed by atoms with Crippen molar-refractivity contribution in [2.45, 2.75) is 38.5 Å². The minimum absolute atomic E-state index is 0.164. The molecule has 0 amide bonds. The van der Waals surface area contributed by atoms with Crippen LogP contribution in [-0.2, 0) is 15.6 Å². The number of carbonyl (C=O) groups is 1. The highest BCUT2D eigenvalue weighted by Crippen LogP contribution is 2.14. The first-order chi connectivity index (χ1) is 7.50. The molecule has 1 atom stereocenters. The molecule has 0 fully saturated rings. The summed E-state index contributed by atoms with van der Waals surface area (Å²) in [4.78, 5) is 11.6. The van der Waals surface area contributed by atoms with E-state index < -0.39 is 10.8 Å². The van der Waals surface area contributed by atoms with Crippen molar-refractivity contribution in [3.63, 3.8) is 0 Å². The van der Waals surface area contributed by atoms with E-state index in [9.17, 15) is 9.00 Å². The Labute approximate surface area is 99.5 Å². The summed E-state index contributed by atoms with van der Waals surface area (Å²) in [6.07, 6.45) is 1.23. The van der Waals surface area contributed by atoms with Gasteiger partial charge in [0, 0.05) is 17.1 Å². The van der Waals surface area contributed by atoms with Crippen molar-refractivity contribution in [1.29, 1.82) is 0 Å². The molecule has 0 spiro atoms. The topological polar surface area (TPSA) is 34.1 Å². The third-order valence-corrected chi connectivity index (χ3v) is 4.04. The van der Waals surface area contributed by atoms with Gasteiger partial charge >= 0.3 is 0 Å². The zero-order valence-electron chi connectivity index (χ0n) is 10.1. The molecule has 0 aliphatic rings. The minimum atomic E-state index is -0.971. The van der Waals surface area contributed by atoms with Crippen LogP contribution in [0, 0.1) is 13.8 Å². The van der Waals surface area contributed by atoms with Crippen LogP contribution in [0.15, 0.2) is 23.1 Å². The molecule has 2 nitrogen and oxygen atoms in total. The van der Waals surface area contributed by atoms with Gasteiger partial charge in [0.2, 0.25) is 0 Å². The Morgan fingerprint density at radius 2 is 1.94 bits per heavy atom. The van der Waals surface area contributed by atoms with E-state index in [1.807, 2.05) is 32.0 Å². The smallest absolute Gasteiger partial charge is 0.129 e. The third-order valence-electron chi connectivity index (χ3n) is 2.60. The van der Waals surface area contributed by atoms with Gasteiger partial charge in [0.1, 0.15) is 5.78 Å². The fourth-order valence-corrected chi connectivity index (χ4v) is 2.60. The van der Waals surface area contributed by atoms with Crippen LogP contribution in [0.4, 0.5) is 0 Å². The van der Waals surface area contributed by atoms with Crippen molar-refractivity contribution in [2.24, 2.45) is 0 Å². The number of hydrogen-bond acceptors (Lipinski definition) is 2. The summed E-state index contributed by atoms with van der Waals surface area (Å²) in [5.41, 5.74) is 2.38. The van der Waals surface area contributed by atoms with Crippen LogP contribution in [0.25, 0.3) is 0 Å². The van der Waals surface area contributed by atoms with Gasteiger partial charge < -0.3 is 4.79 Å². The van der Waals surface area contributed by atoms with Crippen LogP contribution in [-0.4, -0.2) is 15.7 Å². The van der Waals surface area contributed by atoms with Crippen molar-refractivity contribution >= 4 is 16.6 Å². The first-order valence-electron chi connectivity index (χ1n) is 5.46. The maximum Gasteiger partial charge on any atom is 0.129 e. The second kappa shape index (κ2) is 5.94. The fourth-order valence-electron chi connectivity index (χ4n) is 1.43. The van der Waals surface area contributed by atoms with Crippen molar-refractivity contribution < 1.29 is 9.00 Å². The molecule has 0 heterocycles. The van der Waals surface area contributed by atoms with Gasteiger partial charge in [-0.25, -0.2) is 0 Å². The Balaban J connectivity index is 2.59. The predicted molar refractivity (Wildman–Crippen MR) is 67.1 cm³/mol. The van der Waals surface area contributed by atoms with E-state index in [1.54, 1.807) is 6.92 Å². The molecule has 1 unspecified atom stereocenters. The number of aryl methyl sites for hydroxylation is 2. The quantitative estimate of drug-likeness (QED) is 0.790. The molecule has 0 aliphatic carbocycles. The van der Waals surface area contributed by atoms with Gasteiger partial charge in [-0.15, -0.1) is 0 Å². The monoisotopic (exact) mass is 238 g/mol. The normalized spacial score (nSPS) is 12.4. The van der Waals surface area contributed by atoms with E-state index in [0.717, 1.165) is 10.5 Å². The van der Waals surface area contributed by atoms with Gasteiger partial charge in [0.05, 0.1) is 10.8 Å². The highest BCUT2D eigenvalue weighted by Gasteiger charge is 2.05. The average Bonchev–Trinajstić information content (AvgIpc) is 2.21. The molecule has 0 radical (unpaired) electrons. The summed E-state index contributed by atoms with van der Waals surface area (Å²) in [5.74, 6) is 0.735. The largest absolute Gasteiger partial charge is 0.300 e. The van der Waals surface area contributed by atoms with Gasteiger partial charge in [0.25, 0.3) is 0 Å². The Morgan fingerprint density at radius 3 is 2.50 bits per heavy atom. The lowest BCUT2D eigenvalue weighted by atomic mass is 10.1. The van der Waals surface area contributed by atoms with E-state index in [4.69, 9.17) is 0 Å². The highest BCUT2D eigenvalue weighted by molar-refractivity contribution is 7.85. The van der Waals surface area contributed by atoms with Gasteiger partial charge in [-0.2, -0.15) is 0 Å². The molecule has 0 saturated heterocycles. The van der Waals surface area contributed by atoms with Gasteiger partial charge in [0.15, 0.2) is 0 Å². The first-order valence-corrected chi connectivity index (χ1v) is 6.77. The van der Waals surface area contributed by atoms with Crippen molar-refractivity contribution in [3.05, 3.63) is 29.3 Å². The van der Waals surface area contributed by atoms with Crippen LogP contribution in [0.1, 0.15) is 30.9 Å². The standard InChI is InChI=1S/C13H18O2S/c1-10-6-7-13(9-11(10)2)16(15)8-4-5-12(3)14/h6-7,9H,4-5,8H2,1-3H3. The zero-order chi connectivity index (χ0) is 12.1. The number of benzene rings is 1. The Bertz CT molecular complexity index is 410. The Morgan fingerprint density at radius 1 is 1.25 bits per heavy atom. The molecule has 1 rings (SSSR count). The molecule has 0 N–H and O–H groups in total. The molecule has 1 aromatic rings. The summed E-state index contributed by atoms with van der Waals surface area (Å²) in [5, 5.41) is 0. The molecule has 0 aliphatic heterocycles. The molecule has 0 saturated carbocycles. The zero-order valence-corrected chi connectivity index (χ0v) is 10.9. The molecular formula is C13H18O2S.